The molecule has 2 rings (SSSR count). The molecule has 0 aromatic carbocycles. The SMILES string of the molecule is Cc1c(CCC(=O)O)nc2cc(Cl)ccn12. The van der Waals surface area contributed by atoms with Gasteiger partial charge in [-0.2, -0.15) is 0 Å². The summed E-state index contributed by atoms with van der Waals surface area (Å²) in [6.07, 6.45) is 2.38. The predicted molar refractivity (Wildman–Crippen MR) is 60.9 cm³/mol. The first-order chi connectivity index (χ1) is 7.58. The highest BCUT2D eigenvalue weighted by Crippen LogP contribution is 2.17. The third-order valence-corrected chi connectivity index (χ3v) is 2.74. The van der Waals surface area contributed by atoms with Gasteiger partial charge in [-0.25, -0.2) is 4.98 Å². The third kappa shape index (κ3) is 2.02. The maximum absolute atomic E-state index is 10.5. The Labute approximate surface area is 97.5 Å². The van der Waals surface area contributed by atoms with E-state index < -0.39 is 5.97 Å². The lowest BCUT2D eigenvalue weighted by atomic mass is 10.2. The van der Waals surface area contributed by atoms with Crippen LogP contribution in [0.25, 0.3) is 5.65 Å². The van der Waals surface area contributed by atoms with Gasteiger partial charge in [0.05, 0.1) is 12.1 Å². The Kier molecular flexibility index (Phi) is 2.83. The van der Waals surface area contributed by atoms with E-state index in [1.165, 1.54) is 0 Å². The summed E-state index contributed by atoms with van der Waals surface area (Å²) in [5, 5.41) is 9.26. The Hall–Kier alpha value is -1.55. The topological polar surface area (TPSA) is 54.6 Å². The highest BCUT2D eigenvalue weighted by atomic mass is 35.5. The van der Waals surface area contributed by atoms with E-state index >= 15 is 0 Å². The molecule has 0 aliphatic heterocycles. The van der Waals surface area contributed by atoms with E-state index in [1.807, 2.05) is 17.5 Å². The molecular weight excluding hydrogens is 228 g/mol. The molecule has 16 heavy (non-hydrogen) atoms. The number of carboxylic acids is 1. The van der Waals surface area contributed by atoms with Gasteiger partial charge in [0.2, 0.25) is 0 Å². The van der Waals surface area contributed by atoms with Gasteiger partial charge in [-0.05, 0) is 13.0 Å². The standard InChI is InChI=1S/C11H11ClN2O2/c1-7-9(2-3-11(15)16)13-10-6-8(12)4-5-14(7)10/h4-6H,2-3H2,1H3,(H,15,16). The van der Waals surface area contributed by atoms with Crippen molar-refractivity contribution in [2.45, 2.75) is 19.8 Å². The quantitative estimate of drug-likeness (QED) is 0.893. The molecule has 0 aliphatic carbocycles. The van der Waals surface area contributed by atoms with Crippen LogP contribution in [0.3, 0.4) is 0 Å². The van der Waals surface area contributed by atoms with Crippen molar-refractivity contribution in [1.29, 1.82) is 0 Å². The van der Waals surface area contributed by atoms with E-state index in [4.69, 9.17) is 16.7 Å². The van der Waals surface area contributed by atoms with Crippen molar-refractivity contribution in [3.63, 3.8) is 0 Å². The van der Waals surface area contributed by atoms with Crippen LogP contribution in [0.15, 0.2) is 18.3 Å². The van der Waals surface area contributed by atoms with Gasteiger partial charge in [-0.1, -0.05) is 11.6 Å². The van der Waals surface area contributed by atoms with Crippen LogP contribution in [0.4, 0.5) is 0 Å². The first-order valence-electron chi connectivity index (χ1n) is 4.93. The van der Waals surface area contributed by atoms with E-state index in [0.29, 0.717) is 11.4 Å². The van der Waals surface area contributed by atoms with Crippen LogP contribution >= 0.6 is 11.6 Å². The molecular formula is C11H11ClN2O2. The maximum Gasteiger partial charge on any atom is 0.303 e. The summed E-state index contributed by atoms with van der Waals surface area (Å²) in [5.41, 5.74) is 2.53. The number of aromatic nitrogens is 2. The van der Waals surface area contributed by atoms with Gasteiger partial charge in [-0.3, -0.25) is 4.79 Å². The minimum Gasteiger partial charge on any atom is -0.481 e. The number of aliphatic carboxylic acids is 1. The summed E-state index contributed by atoms with van der Waals surface area (Å²) >= 11 is 5.86. The van der Waals surface area contributed by atoms with Gasteiger partial charge < -0.3 is 9.51 Å². The largest absolute Gasteiger partial charge is 0.481 e. The van der Waals surface area contributed by atoms with Crippen molar-refractivity contribution in [3.8, 4) is 0 Å². The Bertz CT molecular complexity index is 548. The third-order valence-electron chi connectivity index (χ3n) is 2.50. The molecule has 0 bridgehead atoms. The lowest BCUT2D eigenvalue weighted by Crippen LogP contribution is -1.99. The van der Waals surface area contributed by atoms with Crippen molar-refractivity contribution >= 4 is 23.2 Å². The van der Waals surface area contributed by atoms with Crippen LogP contribution in [-0.2, 0) is 11.2 Å². The van der Waals surface area contributed by atoms with E-state index in [-0.39, 0.29) is 6.42 Å². The van der Waals surface area contributed by atoms with Crippen LogP contribution in [0.2, 0.25) is 5.02 Å². The monoisotopic (exact) mass is 238 g/mol. The number of rotatable bonds is 3. The molecule has 2 aromatic rings. The molecule has 0 saturated heterocycles. The van der Waals surface area contributed by atoms with Gasteiger partial charge in [-0.15, -0.1) is 0 Å². The molecule has 1 N–H and O–H groups in total. The molecule has 0 atom stereocenters. The number of carbonyl (C=O) groups is 1. The molecule has 4 nitrogen and oxygen atoms in total. The molecule has 84 valence electrons. The number of hydrogen-bond acceptors (Lipinski definition) is 2. The van der Waals surface area contributed by atoms with Crippen molar-refractivity contribution < 1.29 is 9.90 Å². The average molecular weight is 239 g/mol. The summed E-state index contributed by atoms with van der Waals surface area (Å²) < 4.78 is 1.91. The molecule has 5 heteroatoms. The molecule has 0 saturated carbocycles. The first kappa shape index (κ1) is 11.0. The number of imidazole rings is 1. The predicted octanol–water partition coefficient (Wildman–Crippen LogP) is 2.31. The van der Waals surface area contributed by atoms with Crippen LogP contribution in [0, 0.1) is 6.92 Å². The number of fused-ring (bicyclic) bond motifs is 1. The van der Waals surface area contributed by atoms with Crippen LogP contribution < -0.4 is 0 Å². The minimum absolute atomic E-state index is 0.0957. The minimum atomic E-state index is -0.811. The molecule has 0 fully saturated rings. The van der Waals surface area contributed by atoms with E-state index in [1.54, 1.807) is 12.1 Å². The van der Waals surface area contributed by atoms with E-state index in [0.717, 1.165) is 17.0 Å². The smallest absolute Gasteiger partial charge is 0.303 e. The van der Waals surface area contributed by atoms with Crippen molar-refractivity contribution in [3.05, 3.63) is 34.7 Å². The lowest BCUT2D eigenvalue weighted by Gasteiger charge is -1.97. The Balaban J connectivity index is 2.39. The van der Waals surface area contributed by atoms with Gasteiger partial charge in [0.1, 0.15) is 5.65 Å². The van der Waals surface area contributed by atoms with Crippen LogP contribution in [0.1, 0.15) is 17.8 Å². The fourth-order valence-corrected chi connectivity index (χ4v) is 1.81. The Morgan fingerprint density at radius 2 is 2.38 bits per heavy atom. The van der Waals surface area contributed by atoms with Gasteiger partial charge >= 0.3 is 5.97 Å². The summed E-state index contributed by atoms with van der Waals surface area (Å²) in [4.78, 5) is 14.9. The zero-order chi connectivity index (χ0) is 11.7. The number of carboxylic acid groups (broad SMARTS) is 1. The average Bonchev–Trinajstić information content (AvgIpc) is 2.52. The highest BCUT2D eigenvalue weighted by Gasteiger charge is 2.09. The number of aryl methyl sites for hydroxylation is 2. The number of pyridine rings is 1. The normalized spacial score (nSPS) is 10.9. The second kappa shape index (κ2) is 4.14. The first-order valence-corrected chi connectivity index (χ1v) is 5.30. The molecule has 0 unspecified atom stereocenters. The van der Waals surface area contributed by atoms with Gasteiger partial charge in [0.15, 0.2) is 0 Å². The van der Waals surface area contributed by atoms with Crippen LogP contribution in [0.5, 0.6) is 0 Å². The second-order valence-corrected chi connectivity index (χ2v) is 4.05. The molecule has 2 heterocycles. The van der Waals surface area contributed by atoms with Gasteiger partial charge in [0.25, 0.3) is 0 Å². The number of hydrogen-bond donors (Lipinski definition) is 1. The fraction of sp³-hybridized carbons (Fsp3) is 0.273. The fourth-order valence-electron chi connectivity index (χ4n) is 1.65. The molecule has 2 aromatic heterocycles. The molecule has 0 spiro atoms. The molecule has 0 radical (unpaired) electrons. The van der Waals surface area contributed by atoms with E-state index in [2.05, 4.69) is 4.98 Å². The van der Waals surface area contributed by atoms with Gasteiger partial charge in [0, 0.05) is 29.4 Å². The zero-order valence-electron chi connectivity index (χ0n) is 8.77. The maximum atomic E-state index is 10.5. The number of halogens is 1. The van der Waals surface area contributed by atoms with Crippen LogP contribution in [-0.4, -0.2) is 20.5 Å². The number of nitrogens with zero attached hydrogens (tertiary/aromatic N) is 2. The zero-order valence-corrected chi connectivity index (χ0v) is 9.53. The van der Waals surface area contributed by atoms with Crippen molar-refractivity contribution in [1.82, 2.24) is 9.38 Å². The lowest BCUT2D eigenvalue weighted by molar-refractivity contribution is -0.136. The summed E-state index contributed by atoms with van der Waals surface area (Å²) in [6.45, 7) is 1.92. The molecule has 0 aliphatic rings. The molecule has 0 amide bonds. The summed E-state index contributed by atoms with van der Waals surface area (Å²) in [7, 11) is 0. The van der Waals surface area contributed by atoms with E-state index in [9.17, 15) is 4.79 Å². The van der Waals surface area contributed by atoms with Crippen molar-refractivity contribution in [2.24, 2.45) is 0 Å². The second-order valence-electron chi connectivity index (χ2n) is 3.61. The van der Waals surface area contributed by atoms with Crippen molar-refractivity contribution in [2.75, 3.05) is 0 Å². The highest BCUT2D eigenvalue weighted by molar-refractivity contribution is 6.30. The Morgan fingerprint density at radius 1 is 1.62 bits per heavy atom. The summed E-state index contributed by atoms with van der Waals surface area (Å²) in [5.74, 6) is -0.811. The summed E-state index contributed by atoms with van der Waals surface area (Å²) in [6, 6.07) is 3.54. The Morgan fingerprint density at radius 3 is 3.06 bits per heavy atom.